The molecule has 0 aliphatic carbocycles. The van der Waals surface area contributed by atoms with Gasteiger partial charge in [0.25, 0.3) is 5.91 Å². The Morgan fingerprint density at radius 1 is 1.32 bits per heavy atom. The topological polar surface area (TPSA) is 112 Å². The minimum absolute atomic E-state index is 0.164. The molecule has 9 nitrogen and oxygen atoms in total. The number of aromatic nitrogens is 2. The molecule has 0 spiro atoms. The molecule has 1 aliphatic heterocycles. The van der Waals surface area contributed by atoms with Crippen LogP contribution in [-0.2, 0) is 22.4 Å². The Morgan fingerprint density at radius 3 is 2.74 bits per heavy atom. The average Bonchev–Trinajstić information content (AvgIpc) is 3.27. The molecule has 10 heteroatoms. The summed E-state index contributed by atoms with van der Waals surface area (Å²) in [5, 5.41) is 11.7. The van der Waals surface area contributed by atoms with Gasteiger partial charge in [0.15, 0.2) is 0 Å². The number of hydrogen-bond acceptors (Lipinski definition) is 7. The molecule has 2 amide bonds. The van der Waals surface area contributed by atoms with Gasteiger partial charge < -0.3 is 20.1 Å². The molecule has 3 heterocycles. The Kier molecular flexibility index (Phi) is 6.68. The number of alkyl carbamates (subject to hydrolysis) is 1. The number of nitrogens with zero attached hydrogens (tertiary/aromatic N) is 2. The van der Waals surface area contributed by atoms with Crippen LogP contribution in [-0.4, -0.2) is 47.0 Å². The lowest BCUT2D eigenvalue weighted by Crippen LogP contribution is -2.37. The molecule has 0 fully saturated rings. The lowest BCUT2D eigenvalue weighted by atomic mass is 9.94. The average molecular weight is 449 g/mol. The van der Waals surface area contributed by atoms with Crippen molar-refractivity contribution in [2.75, 3.05) is 19.0 Å². The molecule has 2 aromatic rings. The number of methoxy groups -OCH3 is 1. The molecular weight excluding hydrogens is 420 g/mol. The van der Waals surface area contributed by atoms with Crippen LogP contribution in [0.25, 0.3) is 0 Å². The summed E-state index contributed by atoms with van der Waals surface area (Å²) in [6.07, 6.45) is 2.53. The summed E-state index contributed by atoms with van der Waals surface area (Å²) in [4.78, 5) is 37.7. The minimum atomic E-state index is -0.552. The van der Waals surface area contributed by atoms with Gasteiger partial charge in [0, 0.05) is 23.3 Å². The van der Waals surface area contributed by atoms with Gasteiger partial charge in [-0.05, 0) is 46.5 Å². The lowest BCUT2D eigenvalue weighted by molar-refractivity contribution is 0.0515. The molecular formula is C21H28N4O5S. The van der Waals surface area contributed by atoms with E-state index in [2.05, 4.69) is 15.7 Å². The van der Waals surface area contributed by atoms with Crippen molar-refractivity contribution in [3.63, 3.8) is 0 Å². The van der Waals surface area contributed by atoms with Crippen LogP contribution in [0.15, 0.2) is 11.6 Å². The van der Waals surface area contributed by atoms with Crippen LogP contribution in [0.3, 0.4) is 0 Å². The zero-order valence-electron chi connectivity index (χ0n) is 18.4. The first-order chi connectivity index (χ1) is 14.6. The van der Waals surface area contributed by atoms with Crippen molar-refractivity contribution in [1.29, 1.82) is 0 Å². The van der Waals surface area contributed by atoms with Crippen molar-refractivity contribution in [3.05, 3.63) is 33.3 Å². The zero-order chi connectivity index (χ0) is 22.8. The first-order valence-corrected chi connectivity index (χ1v) is 11.0. The fourth-order valence-electron chi connectivity index (χ4n) is 3.50. The molecule has 0 radical (unpaired) electrons. The van der Waals surface area contributed by atoms with Crippen LogP contribution in [0, 0.1) is 12.8 Å². The van der Waals surface area contributed by atoms with Gasteiger partial charge in [-0.3, -0.25) is 9.48 Å². The van der Waals surface area contributed by atoms with Crippen molar-refractivity contribution >= 4 is 35.0 Å². The Hall–Kier alpha value is -2.88. The number of fused-ring (bicyclic) bond motifs is 1. The molecule has 0 bridgehead atoms. The number of hydrogen-bond donors (Lipinski definition) is 2. The highest BCUT2D eigenvalue weighted by atomic mass is 32.1. The maximum Gasteiger partial charge on any atom is 0.407 e. The second-order valence-corrected chi connectivity index (χ2v) is 9.58. The van der Waals surface area contributed by atoms with E-state index in [1.165, 1.54) is 18.4 Å². The van der Waals surface area contributed by atoms with Crippen molar-refractivity contribution in [1.82, 2.24) is 15.1 Å². The van der Waals surface area contributed by atoms with Gasteiger partial charge in [-0.1, -0.05) is 0 Å². The summed E-state index contributed by atoms with van der Waals surface area (Å²) in [5.74, 6) is -0.651. The molecule has 2 aromatic heterocycles. The molecule has 0 saturated carbocycles. The fourth-order valence-corrected chi connectivity index (χ4v) is 4.28. The largest absolute Gasteiger partial charge is 0.465 e. The normalized spacial score (nSPS) is 15.7. The van der Waals surface area contributed by atoms with E-state index in [1.807, 2.05) is 25.5 Å². The molecule has 1 atom stereocenters. The second kappa shape index (κ2) is 9.09. The summed E-state index contributed by atoms with van der Waals surface area (Å²) in [6.45, 7) is 8.37. The maximum absolute atomic E-state index is 12.9. The summed E-state index contributed by atoms with van der Waals surface area (Å²) >= 11 is 1.37. The van der Waals surface area contributed by atoms with Crippen LogP contribution >= 0.6 is 11.3 Å². The maximum atomic E-state index is 12.9. The van der Waals surface area contributed by atoms with Gasteiger partial charge in [-0.2, -0.15) is 5.10 Å². The number of esters is 1. The van der Waals surface area contributed by atoms with E-state index in [1.54, 1.807) is 18.5 Å². The SMILES string of the molecule is COC(=O)c1c(NC(=O)c2cnn3c2CC(CNC(=O)OC(C)(C)C)CC3)csc1C. The van der Waals surface area contributed by atoms with Crippen LogP contribution in [0.5, 0.6) is 0 Å². The molecule has 31 heavy (non-hydrogen) atoms. The van der Waals surface area contributed by atoms with Crippen molar-refractivity contribution in [2.24, 2.45) is 5.92 Å². The van der Waals surface area contributed by atoms with Crippen LogP contribution in [0.4, 0.5) is 10.5 Å². The number of carbonyl (C=O) groups is 3. The summed E-state index contributed by atoms with van der Waals surface area (Å²) in [6, 6.07) is 0. The standard InChI is InChI=1S/C21H28N4O5S/c1-12-17(19(27)29-5)15(11-31-12)24-18(26)14-10-23-25-7-6-13(8-16(14)25)9-22-20(28)30-21(2,3)4/h10-11,13H,6-9H2,1-5H3,(H,22,28)(H,24,26). The van der Waals surface area contributed by atoms with Crippen molar-refractivity contribution < 1.29 is 23.9 Å². The van der Waals surface area contributed by atoms with E-state index in [4.69, 9.17) is 9.47 Å². The lowest BCUT2D eigenvalue weighted by Gasteiger charge is -2.25. The number of amides is 2. The van der Waals surface area contributed by atoms with Crippen LogP contribution < -0.4 is 10.6 Å². The number of aryl methyl sites for hydroxylation is 2. The van der Waals surface area contributed by atoms with E-state index >= 15 is 0 Å². The smallest absolute Gasteiger partial charge is 0.407 e. The molecule has 3 rings (SSSR count). The number of nitrogens with one attached hydrogen (secondary N) is 2. The Labute approximate surface area is 185 Å². The third kappa shape index (κ3) is 5.43. The van der Waals surface area contributed by atoms with E-state index in [9.17, 15) is 14.4 Å². The van der Waals surface area contributed by atoms with Crippen molar-refractivity contribution in [3.8, 4) is 0 Å². The van der Waals surface area contributed by atoms with E-state index < -0.39 is 17.7 Å². The molecule has 168 valence electrons. The van der Waals surface area contributed by atoms with Gasteiger partial charge in [0.1, 0.15) is 5.60 Å². The summed E-state index contributed by atoms with van der Waals surface area (Å²) in [5.41, 5.74) is 1.51. The zero-order valence-corrected chi connectivity index (χ0v) is 19.2. The number of anilines is 1. The molecule has 0 aromatic carbocycles. The van der Waals surface area contributed by atoms with Gasteiger partial charge in [-0.15, -0.1) is 11.3 Å². The third-order valence-electron chi connectivity index (χ3n) is 4.97. The quantitative estimate of drug-likeness (QED) is 0.679. The fraction of sp³-hybridized carbons (Fsp3) is 0.524. The Morgan fingerprint density at radius 2 is 2.06 bits per heavy atom. The summed E-state index contributed by atoms with van der Waals surface area (Å²) in [7, 11) is 1.31. The highest BCUT2D eigenvalue weighted by Gasteiger charge is 2.27. The monoisotopic (exact) mass is 448 g/mol. The highest BCUT2D eigenvalue weighted by molar-refractivity contribution is 7.10. The van der Waals surface area contributed by atoms with E-state index in [-0.39, 0.29) is 11.8 Å². The minimum Gasteiger partial charge on any atom is -0.465 e. The third-order valence-corrected chi connectivity index (χ3v) is 5.88. The van der Waals surface area contributed by atoms with E-state index in [0.717, 1.165) is 17.0 Å². The predicted molar refractivity (Wildman–Crippen MR) is 117 cm³/mol. The van der Waals surface area contributed by atoms with Crippen LogP contribution in [0.2, 0.25) is 0 Å². The molecule has 0 saturated heterocycles. The predicted octanol–water partition coefficient (Wildman–Crippen LogP) is 3.38. The summed E-state index contributed by atoms with van der Waals surface area (Å²) < 4.78 is 11.9. The number of rotatable bonds is 5. The molecule has 2 N–H and O–H groups in total. The Bertz CT molecular complexity index is 989. The number of thiophene rings is 1. The molecule has 1 unspecified atom stereocenters. The van der Waals surface area contributed by atoms with Gasteiger partial charge in [0.2, 0.25) is 0 Å². The van der Waals surface area contributed by atoms with Crippen molar-refractivity contribution in [2.45, 2.75) is 52.7 Å². The van der Waals surface area contributed by atoms with Gasteiger partial charge in [0.05, 0.1) is 35.8 Å². The number of carbonyl (C=O) groups excluding carboxylic acids is 3. The number of ether oxygens (including phenoxy) is 2. The van der Waals surface area contributed by atoms with E-state index in [0.29, 0.717) is 36.3 Å². The van der Waals surface area contributed by atoms with Gasteiger partial charge in [-0.25, -0.2) is 9.59 Å². The molecule has 1 aliphatic rings. The Balaban J connectivity index is 1.68. The first-order valence-electron chi connectivity index (χ1n) is 10.1. The van der Waals surface area contributed by atoms with Gasteiger partial charge >= 0.3 is 12.1 Å². The van der Waals surface area contributed by atoms with Crippen LogP contribution in [0.1, 0.15) is 58.5 Å². The second-order valence-electron chi connectivity index (χ2n) is 8.50. The first kappa shape index (κ1) is 22.8. The highest BCUT2D eigenvalue weighted by Crippen LogP contribution is 2.29.